The molecule has 25 heavy (non-hydrogen) atoms. The largest absolute Gasteiger partial charge is 0.338 e. The van der Waals surface area contributed by atoms with Gasteiger partial charge >= 0.3 is 0 Å². The number of rotatable bonds is 3. The molecule has 1 fully saturated rings. The zero-order chi connectivity index (χ0) is 16.5. The van der Waals surface area contributed by atoms with Crippen LogP contribution in [0, 0.1) is 5.92 Å². The number of aryl methyl sites for hydroxylation is 1. The molecule has 1 aromatic carbocycles. The van der Waals surface area contributed by atoms with Crippen LogP contribution in [0.25, 0.3) is 0 Å². The smallest absolute Gasteiger partial charge is 0.255 e. The van der Waals surface area contributed by atoms with Gasteiger partial charge in [0.15, 0.2) is 0 Å². The summed E-state index contributed by atoms with van der Waals surface area (Å²) in [4.78, 5) is 16.6. The molecule has 1 amide bonds. The van der Waals surface area contributed by atoms with E-state index in [1.807, 2.05) is 11.0 Å². The third-order valence-electron chi connectivity index (χ3n) is 5.55. The first-order valence-electron chi connectivity index (χ1n) is 8.91. The van der Waals surface area contributed by atoms with Crippen LogP contribution in [0.5, 0.6) is 0 Å². The second-order valence-electron chi connectivity index (χ2n) is 6.98. The minimum absolute atomic E-state index is 0. The molecule has 2 N–H and O–H groups in total. The Kier molecular flexibility index (Phi) is 5.82. The molecule has 1 saturated heterocycles. The minimum Gasteiger partial charge on any atom is -0.338 e. The van der Waals surface area contributed by atoms with E-state index in [2.05, 4.69) is 29.6 Å². The Bertz CT molecular complexity index is 731. The molecule has 5 heteroatoms. The number of benzene rings is 1. The molecule has 2 aromatic rings. The highest BCUT2D eigenvalue weighted by Crippen LogP contribution is 2.35. The minimum atomic E-state index is 0. The van der Waals surface area contributed by atoms with E-state index in [1.165, 1.54) is 28.8 Å². The van der Waals surface area contributed by atoms with E-state index in [1.54, 1.807) is 11.3 Å². The summed E-state index contributed by atoms with van der Waals surface area (Å²) in [6.45, 7) is 2.19. The van der Waals surface area contributed by atoms with Crippen molar-refractivity contribution in [3.8, 4) is 0 Å². The number of carbonyl (C=O) groups excluding carboxylic acids is 1. The average Bonchev–Trinajstić information content (AvgIpc) is 3.26. The molecular formula is C20H25ClN2OS. The number of hydrogen-bond donors (Lipinski definition) is 1. The van der Waals surface area contributed by atoms with E-state index in [4.69, 9.17) is 5.73 Å². The molecule has 2 heterocycles. The van der Waals surface area contributed by atoms with Gasteiger partial charge in [-0.3, -0.25) is 4.79 Å². The van der Waals surface area contributed by atoms with Crippen molar-refractivity contribution in [2.24, 2.45) is 11.7 Å². The molecule has 1 aliphatic heterocycles. The van der Waals surface area contributed by atoms with Crippen molar-refractivity contribution in [2.45, 2.75) is 31.6 Å². The molecule has 3 nitrogen and oxygen atoms in total. The highest BCUT2D eigenvalue weighted by Gasteiger charge is 2.36. The number of nitrogens with two attached hydrogens (primary N) is 1. The second-order valence-corrected chi connectivity index (χ2v) is 7.95. The zero-order valence-electron chi connectivity index (χ0n) is 14.3. The van der Waals surface area contributed by atoms with E-state index in [9.17, 15) is 4.79 Å². The van der Waals surface area contributed by atoms with Crippen molar-refractivity contribution >= 4 is 29.7 Å². The van der Waals surface area contributed by atoms with Crippen molar-refractivity contribution < 1.29 is 4.79 Å². The van der Waals surface area contributed by atoms with Gasteiger partial charge in [0.05, 0.1) is 5.56 Å². The molecule has 0 saturated carbocycles. The molecule has 134 valence electrons. The number of thiophene rings is 1. The quantitative estimate of drug-likeness (QED) is 0.883. The van der Waals surface area contributed by atoms with E-state index in [0.717, 1.165) is 31.5 Å². The molecule has 4 rings (SSSR count). The predicted molar refractivity (Wildman–Crippen MR) is 106 cm³/mol. The first-order chi connectivity index (χ1) is 11.8. The van der Waals surface area contributed by atoms with Gasteiger partial charge < -0.3 is 10.6 Å². The summed E-state index contributed by atoms with van der Waals surface area (Å²) in [5.41, 5.74) is 9.60. The van der Waals surface area contributed by atoms with Crippen molar-refractivity contribution in [3.05, 3.63) is 57.3 Å². The molecule has 1 aliphatic carbocycles. The maximum absolute atomic E-state index is 13.1. The molecule has 0 bridgehead atoms. The summed E-state index contributed by atoms with van der Waals surface area (Å²) in [6, 6.07) is 10.5. The summed E-state index contributed by atoms with van der Waals surface area (Å²) in [7, 11) is 0. The van der Waals surface area contributed by atoms with Crippen molar-refractivity contribution in [3.63, 3.8) is 0 Å². The third kappa shape index (κ3) is 3.48. The van der Waals surface area contributed by atoms with E-state index < -0.39 is 0 Å². The lowest BCUT2D eigenvalue weighted by Crippen LogP contribution is -2.30. The van der Waals surface area contributed by atoms with Gasteiger partial charge in [-0.25, -0.2) is 0 Å². The maximum atomic E-state index is 13.1. The van der Waals surface area contributed by atoms with Crippen molar-refractivity contribution in [1.82, 2.24) is 4.90 Å². The van der Waals surface area contributed by atoms with Gasteiger partial charge in [0, 0.05) is 29.3 Å². The lowest BCUT2D eigenvalue weighted by molar-refractivity contribution is 0.0785. The number of hydrogen-bond acceptors (Lipinski definition) is 3. The molecule has 0 unspecified atom stereocenters. The fourth-order valence-corrected chi connectivity index (χ4v) is 5.32. The monoisotopic (exact) mass is 376 g/mol. The SMILES string of the molecule is Cl.NC[C@@H]1CN(C(=O)c2csc3c2CCCC3)C[C@H]1c1ccccc1. The lowest BCUT2D eigenvalue weighted by atomic mass is 9.89. The van der Waals surface area contributed by atoms with Crippen LogP contribution in [0.4, 0.5) is 0 Å². The Labute approximate surface area is 159 Å². The van der Waals surface area contributed by atoms with Gasteiger partial charge in [-0.2, -0.15) is 0 Å². The highest BCUT2D eigenvalue weighted by molar-refractivity contribution is 7.10. The number of carbonyl (C=O) groups is 1. The van der Waals surface area contributed by atoms with E-state index in [0.29, 0.717) is 18.4 Å². The van der Waals surface area contributed by atoms with Gasteiger partial charge in [-0.05, 0) is 49.3 Å². The number of amides is 1. The Morgan fingerprint density at radius 1 is 1.16 bits per heavy atom. The first-order valence-corrected chi connectivity index (χ1v) is 9.79. The summed E-state index contributed by atoms with van der Waals surface area (Å²) in [6.07, 6.45) is 4.68. The summed E-state index contributed by atoms with van der Waals surface area (Å²) >= 11 is 1.77. The summed E-state index contributed by atoms with van der Waals surface area (Å²) in [5.74, 6) is 0.923. The maximum Gasteiger partial charge on any atom is 0.255 e. The zero-order valence-corrected chi connectivity index (χ0v) is 16.0. The standard InChI is InChI=1S/C20H24N2OS.ClH/c21-10-15-11-22(12-17(15)14-6-2-1-3-7-14)20(23)18-13-24-19-9-5-4-8-16(18)19;/h1-3,6-7,13,15,17H,4-5,8-12,21H2;1H/t15-,17+;/m1./s1. The average molecular weight is 377 g/mol. The predicted octanol–water partition coefficient (Wildman–Crippen LogP) is 3.86. The molecule has 0 radical (unpaired) electrons. The number of halogens is 1. The van der Waals surface area contributed by atoms with Gasteiger partial charge in [-0.1, -0.05) is 30.3 Å². The van der Waals surface area contributed by atoms with Crippen LogP contribution in [0.15, 0.2) is 35.7 Å². The molecular weight excluding hydrogens is 352 g/mol. The van der Waals surface area contributed by atoms with Crippen LogP contribution < -0.4 is 5.73 Å². The lowest BCUT2D eigenvalue weighted by Gasteiger charge is -2.18. The summed E-state index contributed by atoms with van der Waals surface area (Å²) < 4.78 is 0. The van der Waals surface area contributed by atoms with Crippen LogP contribution in [0.3, 0.4) is 0 Å². The van der Waals surface area contributed by atoms with Crippen molar-refractivity contribution in [1.29, 1.82) is 0 Å². The molecule has 2 aliphatic rings. The molecule has 2 atom stereocenters. The van der Waals surface area contributed by atoms with Gasteiger partial charge in [0.1, 0.15) is 0 Å². The van der Waals surface area contributed by atoms with Crippen LogP contribution in [0.2, 0.25) is 0 Å². The Morgan fingerprint density at radius 3 is 2.68 bits per heavy atom. The van der Waals surface area contributed by atoms with Crippen molar-refractivity contribution in [2.75, 3.05) is 19.6 Å². The topological polar surface area (TPSA) is 46.3 Å². The Hall–Kier alpha value is -1.36. The van der Waals surface area contributed by atoms with Gasteiger partial charge in [0.2, 0.25) is 0 Å². The van der Waals surface area contributed by atoms with Crippen LogP contribution in [-0.4, -0.2) is 30.4 Å². The van der Waals surface area contributed by atoms with Crippen LogP contribution >= 0.6 is 23.7 Å². The normalized spacial score (nSPS) is 22.4. The van der Waals surface area contributed by atoms with Gasteiger partial charge in [-0.15, -0.1) is 23.7 Å². The molecule has 1 aromatic heterocycles. The summed E-state index contributed by atoms with van der Waals surface area (Å²) in [5, 5.41) is 2.09. The number of likely N-dealkylation sites (tertiary alicyclic amines) is 1. The number of nitrogens with zero attached hydrogens (tertiary/aromatic N) is 1. The second kappa shape index (κ2) is 7.90. The third-order valence-corrected chi connectivity index (χ3v) is 6.64. The first kappa shape index (κ1) is 18.4. The Balaban J connectivity index is 0.00000182. The van der Waals surface area contributed by atoms with E-state index >= 15 is 0 Å². The highest BCUT2D eigenvalue weighted by atomic mass is 35.5. The van der Waals surface area contributed by atoms with Crippen LogP contribution in [0.1, 0.15) is 45.1 Å². The Morgan fingerprint density at radius 2 is 1.92 bits per heavy atom. The molecule has 0 spiro atoms. The van der Waals surface area contributed by atoms with E-state index in [-0.39, 0.29) is 18.3 Å². The number of fused-ring (bicyclic) bond motifs is 1. The fourth-order valence-electron chi connectivity index (χ4n) is 4.20. The van der Waals surface area contributed by atoms with Gasteiger partial charge in [0.25, 0.3) is 5.91 Å². The van der Waals surface area contributed by atoms with Crippen LogP contribution in [-0.2, 0) is 12.8 Å². The fraction of sp³-hybridized carbons (Fsp3) is 0.450.